The number of benzene rings is 1. The number of fused-ring (bicyclic) bond motifs is 3. The van der Waals surface area contributed by atoms with E-state index in [1.54, 1.807) is 26.2 Å². The van der Waals surface area contributed by atoms with Gasteiger partial charge in [0, 0.05) is 17.5 Å². The molecule has 0 saturated carbocycles. The van der Waals surface area contributed by atoms with Crippen LogP contribution in [0.1, 0.15) is 35.2 Å². The van der Waals surface area contributed by atoms with Crippen molar-refractivity contribution in [1.29, 1.82) is 0 Å². The van der Waals surface area contributed by atoms with Crippen LogP contribution in [0.2, 0.25) is 0 Å². The molecule has 3 aliphatic carbocycles. The molecule has 0 unspecified atom stereocenters. The molecule has 8 N–H and O–H groups in total. The van der Waals surface area contributed by atoms with E-state index in [0.717, 1.165) is 25.9 Å². The molecule has 5 rings (SSSR count). The van der Waals surface area contributed by atoms with Crippen molar-refractivity contribution in [3.8, 4) is 5.75 Å². The molecular formula is C26H32N4O7. The quantitative estimate of drug-likeness (QED) is 0.218. The first-order valence-electron chi connectivity index (χ1n) is 12.4. The van der Waals surface area contributed by atoms with Crippen molar-refractivity contribution >= 4 is 23.2 Å². The minimum absolute atomic E-state index is 0.0136. The monoisotopic (exact) mass is 512 g/mol. The number of ketones is 2. The van der Waals surface area contributed by atoms with E-state index in [9.17, 15) is 34.8 Å². The molecule has 11 heteroatoms. The number of aromatic hydroxyl groups is 1. The molecule has 0 radical (unpaired) electrons. The summed E-state index contributed by atoms with van der Waals surface area (Å²) in [6.07, 6.45) is 2.05. The van der Waals surface area contributed by atoms with Gasteiger partial charge in [-0.1, -0.05) is 6.07 Å². The lowest BCUT2D eigenvalue weighted by Gasteiger charge is -2.50. The first-order chi connectivity index (χ1) is 17.5. The van der Waals surface area contributed by atoms with Crippen LogP contribution in [-0.2, 0) is 16.0 Å². The van der Waals surface area contributed by atoms with Crippen LogP contribution in [0.15, 0.2) is 34.8 Å². The maximum atomic E-state index is 13.7. The number of allylic oxidation sites excluding steroid dienone is 1. The van der Waals surface area contributed by atoms with Crippen LogP contribution >= 0.6 is 0 Å². The van der Waals surface area contributed by atoms with Crippen molar-refractivity contribution in [2.24, 2.45) is 17.6 Å². The maximum Gasteiger partial charge on any atom is 0.255 e. The number of anilines is 1. The molecular weight excluding hydrogens is 480 g/mol. The number of hydrogen-bond acceptors (Lipinski definition) is 10. The molecule has 4 aliphatic rings. The summed E-state index contributed by atoms with van der Waals surface area (Å²) < 4.78 is 0. The van der Waals surface area contributed by atoms with Gasteiger partial charge < -0.3 is 36.8 Å². The van der Waals surface area contributed by atoms with Crippen LogP contribution in [0.25, 0.3) is 0 Å². The smallest absolute Gasteiger partial charge is 0.255 e. The highest BCUT2D eigenvalue weighted by molar-refractivity contribution is 6.24. The largest absolute Gasteiger partial charge is 0.510 e. The standard InChI is InChI=1S/C26H32N4O7/c1-30(2)19-14-10-12-9-11-3-4-15(29-13-5-7-28-8-6-13)20(31)16(11)21(32)17(12)23(34)26(14,37)24(35)18(22(19)33)25(27)36/h3-4,12-14,19,28-29,31,33-34,37H,5-10H2,1-2H3,(H2,27,36)/t12-,14+,19+,26+/m0/s1. The normalized spacial score (nSPS) is 30.2. The molecule has 11 nitrogen and oxygen atoms in total. The molecule has 198 valence electrons. The Hall–Kier alpha value is -3.41. The second kappa shape index (κ2) is 8.86. The number of hydrogen-bond donors (Lipinski definition) is 7. The highest BCUT2D eigenvalue weighted by Gasteiger charge is 2.63. The van der Waals surface area contributed by atoms with Gasteiger partial charge >= 0.3 is 0 Å². The molecule has 1 aromatic rings. The lowest BCUT2D eigenvalue weighted by molar-refractivity contribution is -0.148. The van der Waals surface area contributed by atoms with Gasteiger partial charge in [-0.3, -0.25) is 19.3 Å². The minimum atomic E-state index is -2.63. The summed E-state index contributed by atoms with van der Waals surface area (Å²) in [5.74, 6) is -6.46. The van der Waals surface area contributed by atoms with E-state index >= 15 is 0 Å². The van der Waals surface area contributed by atoms with Crippen molar-refractivity contribution in [3.63, 3.8) is 0 Å². The Morgan fingerprint density at radius 3 is 2.46 bits per heavy atom. The van der Waals surface area contributed by atoms with Gasteiger partial charge in [0.15, 0.2) is 11.4 Å². The molecule has 4 atom stereocenters. The predicted octanol–water partition coefficient (Wildman–Crippen LogP) is 0.285. The molecule has 0 aromatic heterocycles. The highest BCUT2D eigenvalue weighted by atomic mass is 16.3. The van der Waals surface area contributed by atoms with Crippen LogP contribution in [0.4, 0.5) is 5.69 Å². The zero-order valence-corrected chi connectivity index (χ0v) is 20.7. The maximum absolute atomic E-state index is 13.7. The molecule has 1 saturated heterocycles. The number of aliphatic hydroxyl groups is 3. The predicted molar refractivity (Wildman–Crippen MR) is 133 cm³/mol. The number of rotatable bonds is 4. The number of carbonyl (C=O) groups excluding carboxylic acids is 3. The zero-order chi connectivity index (χ0) is 26.8. The number of nitrogens with zero attached hydrogens (tertiary/aromatic N) is 1. The second-order valence-corrected chi connectivity index (χ2v) is 10.6. The molecule has 0 spiro atoms. The number of nitrogens with two attached hydrogens (primary N) is 1. The fraction of sp³-hybridized carbons (Fsp3) is 0.500. The summed E-state index contributed by atoms with van der Waals surface area (Å²) >= 11 is 0. The summed E-state index contributed by atoms with van der Waals surface area (Å²) in [6, 6.07) is 2.62. The number of likely N-dealkylation sites (N-methyl/N-ethyl adjacent to an activating group) is 1. The number of primary amides is 1. The van der Waals surface area contributed by atoms with Crippen LogP contribution in [0, 0.1) is 11.8 Å². The number of nitrogens with one attached hydrogen (secondary N) is 2. The summed E-state index contributed by atoms with van der Waals surface area (Å²) in [7, 11) is 3.20. The summed E-state index contributed by atoms with van der Waals surface area (Å²) in [6.45, 7) is 1.67. The first kappa shape index (κ1) is 25.2. The van der Waals surface area contributed by atoms with Gasteiger partial charge in [-0.25, -0.2) is 0 Å². The Labute approximate surface area is 213 Å². The average Bonchev–Trinajstić information content (AvgIpc) is 2.83. The third kappa shape index (κ3) is 3.64. The number of aliphatic hydroxyl groups excluding tert-OH is 2. The van der Waals surface area contributed by atoms with Gasteiger partial charge in [-0.05, 0) is 70.4 Å². The van der Waals surface area contributed by atoms with Gasteiger partial charge in [-0.2, -0.15) is 0 Å². The van der Waals surface area contributed by atoms with Gasteiger partial charge in [0.1, 0.15) is 22.8 Å². The average molecular weight is 513 g/mol. The lowest BCUT2D eigenvalue weighted by Crippen LogP contribution is -2.63. The summed E-state index contributed by atoms with van der Waals surface area (Å²) in [5, 5.41) is 51.4. The third-order valence-electron chi connectivity index (χ3n) is 8.29. The number of piperidine rings is 1. The second-order valence-electron chi connectivity index (χ2n) is 10.6. The van der Waals surface area contributed by atoms with Crippen LogP contribution in [-0.4, -0.2) is 87.7 Å². The van der Waals surface area contributed by atoms with Crippen molar-refractivity contribution in [3.05, 3.63) is 45.9 Å². The van der Waals surface area contributed by atoms with E-state index in [1.165, 1.54) is 4.90 Å². The van der Waals surface area contributed by atoms with E-state index in [1.807, 2.05) is 0 Å². The Kier molecular flexibility index (Phi) is 6.05. The van der Waals surface area contributed by atoms with E-state index in [4.69, 9.17) is 5.73 Å². The van der Waals surface area contributed by atoms with E-state index in [0.29, 0.717) is 11.3 Å². The van der Waals surface area contributed by atoms with Gasteiger partial charge in [-0.15, -0.1) is 0 Å². The fourth-order valence-corrected chi connectivity index (χ4v) is 6.53. The number of Topliss-reactive ketones (excluding diaryl/α,β-unsaturated/α-hetero) is 2. The number of phenols is 1. The molecule has 1 aliphatic heterocycles. The number of carbonyl (C=O) groups is 3. The highest BCUT2D eigenvalue weighted by Crippen LogP contribution is 2.52. The van der Waals surface area contributed by atoms with Gasteiger partial charge in [0.2, 0.25) is 5.78 Å². The SMILES string of the molecule is CN(C)[C@H]1C(O)=C(C(N)=O)C(=O)[C@]2(O)C(O)=C3C(=O)c4c(ccc(NC5CCNCC5)c4O)C[C@H]3C[C@H]12. The van der Waals surface area contributed by atoms with E-state index in [2.05, 4.69) is 10.6 Å². The van der Waals surface area contributed by atoms with Crippen molar-refractivity contribution in [1.82, 2.24) is 10.2 Å². The molecule has 1 amide bonds. The Morgan fingerprint density at radius 1 is 1.16 bits per heavy atom. The minimum Gasteiger partial charge on any atom is -0.510 e. The summed E-state index contributed by atoms with van der Waals surface area (Å²) in [4.78, 5) is 40.7. The van der Waals surface area contributed by atoms with E-state index in [-0.39, 0.29) is 35.8 Å². The molecule has 1 heterocycles. The van der Waals surface area contributed by atoms with Crippen molar-refractivity contribution < 1.29 is 34.8 Å². The summed E-state index contributed by atoms with van der Waals surface area (Å²) in [5.41, 5.74) is 2.75. The zero-order valence-electron chi connectivity index (χ0n) is 20.7. The molecule has 0 bridgehead atoms. The van der Waals surface area contributed by atoms with Crippen LogP contribution in [0.3, 0.4) is 0 Å². The molecule has 37 heavy (non-hydrogen) atoms. The third-order valence-corrected chi connectivity index (χ3v) is 8.29. The van der Waals surface area contributed by atoms with Crippen molar-refractivity contribution in [2.75, 3.05) is 32.5 Å². The lowest BCUT2D eigenvalue weighted by atomic mass is 9.58. The number of phenolic OH excluding ortho intramolecular Hbond substituents is 1. The Morgan fingerprint density at radius 2 is 1.84 bits per heavy atom. The van der Waals surface area contributed by atoms with Gasteiger partial charge in [0.05, 0.1) is 17.3 Å². The van der Waals surface area contributed by atoms with Crippen molar-refractivity contribution in [2.45, 2.75) is 43.4 Å². The van der Waals surface area contributed by atoms with E-state index < -0.39 is 58.0 Å². The fourth-order valence-electron chi connectivity index (χ4n) is 6.53. The molecule has 1 aromatic carbocycles. The topological polar surface area (TPSA) is 185 Å². The molecule has 1 fully saturated rings. The Bertz CT molecular complexity index is 1260. The Balaban J connectivity index is 1.60. The number of amides is 1. The van der Waals surface area contributed by atoms with Gasteiger partial charge in [0.25, 0.3) is 5.91 Å². The van der Waals surface area contributed by atoms with Crippen LogP contribution < -0.4 is 16.4 Å². The van der Waals surface area contributed by atoms with Crippen LogP contribution in [0.5, 0.6) is 5.75 Å². The first-order valence-corrected chi connectivity index (χ1v) is 12.4.